The molecule has 2 aliphatic heterocycles. The molecule has 0 aromatic carbocycles. The molecule has 0 radical (unpaired) electrons. The molecule has 0 aliphatic carbocycles. The van der Waals surface area contributed by atoms with Crippen molar-refractivity contribution < 1.29 is 18.9 Å². The monoisotopic (exact) mass is 230 g/mol. The molecule has 0 saturated carbocycles. The smallest absolute Gasteiger partial charge is 0.115 e. The van der Waals surface area contributed by atoms with Crippen molar-refractivity contribution in [3.63, 3.8) is 0 Å². The van der Waals surface area contributed by atoms with Gasteiger partial charge in [0.25, 0.3) is 0 Å². The van der Waals surface area contributed by atoms with E-state index in [0.717, 1.165) is 19.4 Å². The van der Waals surface area contributed by atoms with Crippen LogP contribution in [-0.4, -0.2) is 50.8 Å². The van der Waals surface area contributed by atoms with Gasteiger partial charge in [-0.05, 0) is 13.3 Å². The largest absolute Gasteiger partial charge is 0.373 e. The standard InChI is InChI=1S/C12H22O4/c1-3-5-6-14-10-8-16-11-9(13-4-2)7-15-12(10)11/h9-12H,3-8H2,1-2H3. The zero-order chi connectivity index (χ0) is 11.4. The number of rotatable bonds is 6. The molecule has 4 atom stereocenters. The van der Waals surface area contributed by atoms with E-state index in [2.05, 4.69) is 6.92 Å². The van der Waals surface area contributed by atoms with E-state index in [1.165, 1.54) is 0 Å². The van der Waals surface area contributed by atoms with Crippen molar-refractivity contribution in [1.29, 1.82) is 0 Å². The van der Waals surface area contributed by atoms with Gasteiger partial charge in [-0.2, -0.15) is 0 Å². The fourth-order valence-electron chi connectivity index (χ4n) is 2.31. The lowest BCUT2D eigenvalue weighted by atomic mass is 10.1. The highest BCUT2D eigenvalue weighted by molar-refractivity contribution is 4.95. The Hall–Kier alpha value is -0.160. The van der Waals surface area contributed by atoms with Crippen LogP contribution in [0.2, 0.25) is 0 Å². The molecule has 0 aromatic rings. The van der Waals surface area contributed by atoms with Gasteiger partial charge in [0.1, 0.15) is 24.4 Å². The molecule has 0 bridgehead atoms. The van der Waals surface area contributed by atoms with Gasteiger partial charge in [-0.15, -0.1) is 0 Å². The van der Waals surface area contributed by atoms with Gasteiger partial charge in [-0.25, -0.2) is 0 Å². The van der Waals surface area contributed by atoms with Crippen molar-refractivity contribution in [1.82, 2.24) is 0 Å². The number of unbranched alkanes of at least 4 members (excludes halogenated alkanes) is 1. The number of hydrogen-bond donors (Lipinski definition) is 0. The Bertz CT molecular complexity index is 209. The van der Waals surface area contributed by atoms with Crippen LogP contribution in [0.25, 0.3) is 0 Å². The van der Waals surface area contributed by atoms with Crippen LogP contribution < -0.4 is 0 Å². The molecule has 0 spiro atoms. The Morgan fingerprint density at radius 1 is 1.00 bits per heavy atom. The zero-order valence-electron chi connectivity index (χ0n) is 10.2. The van der Waals surface area contributed by atoms with Gasteiger partial charge in [-0.3, -0.25) is 0 Å². The summed E-state index contributed by atoms with van der Waals surface area (Å²) in [5.74, 6) is 0. The molecular weight excluding hydrogens is 208 g/mol. The lowest BCUT2D eigenvalue weighted by Crippen LogP contribution is -2.34. The van der Waals surface area contributed by atoms with Crippen LogP contribution in [0.4, 0.5) is 0 Å². The molecule has 2 saturated heterocycles. The number of hydrogen-bond acceptors (Lipinski definition) is 4. The molecule has 2 rings (SSSR count). The highest BCUT2D eigenvalue weighted by atomic mass is 16.6. The van der Waals surface area contributed by atoms with Gasteiger partial charge in [-0.1, -0.05) is 13.3 Å². The maximum Gasteiger partial charge on any atom is 0.115 e. The Labute approximate surface area is 97.2 Å². The van der Waals surface area contributed by atoms with Crippen LogP contribution in [0.15, 0.2) is 0 Å². The summed E-state index contributed by atoms with van der Waals surface area (Å²) in [6, 6.07) is 0. The van der Waals surface area contributed by atoms with E-state index in [9.17, 15) is 0 Å². The Kier molecular flexibility index (Phi) is 4.58. The average molecular weight is 230 g/mol. The minimum Gasteiger partial charge on any atom is -0.373 e. The van der Waals surface area contributed by atoms with E-state index in [0.29, 0.717) is 19.8 Å². The summed E-state index contributed by atoms with van der Waals surface area (Å²) in [6.45, 7) is 6.95. The molecule has 4 nitrogen and oxygen atoms in total. The van der Waals surface area contributed by atoms with Crippen molar-refractivity contribution in [3.05, 3.63) is 0 Å². The normalized spacial score (nSPS) is 37.9. The zero-order valence-corrected chi connectivity index (χ0v) is 10.2. The SMILES string of the molecule is CCCCOC1COC2C(OCC)COC12. The van der Waals surface area contributed by atoms with Crippen molar-refractivity contribution in [2.45, 2.75) is 51.1 Å². The van der Waals surface area contributed by atoms with Gasteiger partial charge in [0.2, 0.25) is 0 Å². The second-order valence-corrected chi connectivity index (χ2v) is 4.35. The summed E-state index contributed by atoms with van der Waals surface area (Å²) in [5, 5.41) is 0. The molecule has 0 N–H and O–H groups in total. The molecule has 16 heavy (non-hydrogen) atoms. The lowest BCUT2D eigenvalue weighted by Gasteiger charge is -2.16. The lowest BCUT2D eigenvalue weighted by molar-refractivity contribution is -0.0485. The predicted molar refractivity (Wildman–Crippen MR) is 59.5 cm³/mol. The fourth-order valence-corrected chi connectivity index (χ4v) is 2.31. The van der Waals surface area contributed by atoms with Crippen LogP contribution >= 0.6 is 0 Å². The molecular formula is C12H22O4. The molecule has 94 valence electrons. The summed E-state index contributed by atoms with van der Waals surface area (Å²) < 4.78 is 22.8. The van der Waals surface area contributed by atoms with E-state index in [1.54, 1.807) is 0 Å². The van der Waals surface area contributed by atoms with E-state index in [4.69, 9.17) is 18.9 Å². The summed E-state index contributed by atoms with van der Waals surface area (Å²) >= 11 is 0. The fraction of sp³-hybridized carbons (Fsp3) is 1.00. The summed E-state index contributed by atoms with van der Waals surface area (Å²) in [7, 11) is 0. The van der Waals surface area contributed by atoms with E-state index in [-0.39, 0.29) is 24.4 Å². The van der Waals surface area contributed by atoms with Gasteiger partial charge < -0.3 is 18.9 Å². The molecule has 0 aromatic heterocycles. The highest BCUT2D eigenvalue weighted by Gasteiger charge is 2.48. The second-order valence-electron chi connectivity index (χ2n) is 4.35. The first kappa shape index (κ1) is 12.3. The Balaban J connectivity index is 1.78. The van der Waals surface area contributed by atoms with Crippen LogP contribution in [0.1, 0.15) is 26.7 Å². The summed E-state index contributed by atoms with van der Waals surface area (Å²) in [6.07, 6.45) is 2.60. The maximum atomic E-state index is 5.78. The molecule has 2 fully saturated rings. The van der Waals surface area contributed by atoms with Gasteiger partial charge >= 0.3 is 0 Å². The molecule has 4 unspecified atom stereocenters. The third-order valence-electron chi connectivity index (χ3n) is 3.17. The topological polar surface area (TPSA) is 36.9 Å². The highest BCUT2D eigenvalue weighted by Crippen LogP contribution is 2.30. The first-order valence-electron chi connectivity index (χ1n) is 6.33. The first-order valence-corrected chi connectivity index (χ1v) is 6.33. The van der Waals surface area contributed by atoms with Crippen LogP contribution in [0, 0.1) is 0 Å². The third-order valence-corrected chi connectivity index (χ3v) is 3.17. The molecule has 0 amide bonds. The summed E-state index contributed by atoms with van der Waals surface area (Å²) in [4.78, 5) is 0. The molecule has 4 heteroatoms. The van der Waals surface area contributed by atoms with Crippen molar-refractivity contribution in [2.24, 2.45) is 0 Å². The quantitative estimate of drug-likeness (QED) is 0.646. The first-order chi connectivity index (χ1) is 7.86. The van der Waals surface area contributed by atoms with Crippen LogP contribution in [0.3, 0.4) is 0 Å². The van der Waals surface area contributed by atoms with Crippen molar-refractivity contribution in [3.8, 4) is 0 Å². The minimum absolute atomic E-state index is 0.0755. The molecule has 2 heterocycles. The van der Waals surface area contributed by atoms with Crippen LogP contribution in [-0.2, 0) is 18.9 Å². The maximum absolute atomic E-state index is 5.78. The average Bonchev–Trinajstić information content (AvgIpc) is 2.84. The number of fused-ring (bicyclic) bond motifs is 1. The van der Waals surface area contributed by atoms with E-state index >= 15 is 0 Å². The minimum atomic E-state index is 0.0755. The van der Waals surface area contributed by atoms with Crippen molar-refractivity contribution in [2.75, 3.05) is 26.4 Å². The van der Waals surface area contributed by atoms with E-state index < -0.39 is 0 Å². The van der Waals surface area contributed by atoms with Crippen molar-refractivity contribution >= 4 is 0 Å². The molecule has 2 aliphatic rings. The van der Waals surface area contributed by atoms with Gasteiger partial charge in [0.05, 0.1) is 13.2 Å². The summed E-state index contributed by atoms with van der Waals surface area (Å²) in [5.41, 5.74) is 0. The van der Waals surface area contributed by atoms with E-state index in [1.807, 2.05) is 6.92 Å². The third kappa shape index (κ3) is 2.56. The Morgan fingerprint density at radius 3 is 2.19 bits per heavy atom. The van der Waals surface area contributed by atoms with Crippen LogP contribution in [0.5, 0.6) is 0 Å². The predicted octanol–water partition coefficient (Wildman–Crippen LogP) is 1.37. The van der Waals surface area contributed by atoms with Gasteiger partial charge in [0, 0.05) is 13.2 Å². The number of ether oxygens (including phenoxy) is 4. The Morgan fingerprint density at radius 2 is 1.62 bits per heavy atom. The second kappa shape index (κ2) is 5.96. The van der Waals surface area contributed by atoms with Gasteiger partial charge in [0.15, 0.2) is 0 Å².